The number of amides is 1. The zero-order chi connectivity index (χ0) is 17.3. The van der Waals surface area contributed by atoms with Crippen molar-refractivity contribution in [2.45, 2.75) is 26.8 Å². The lowest BCUT2D eigenvalue weighted by Gasteiger charge is -2.31. The van der Waals surface area contributed by atoms with Gasteiger partial charge < -0.3 is 10.2 Å². The predicted molar refractivity (Wildman–Crippen MR) is 91.7 cm³/mol. The molecule has 1 N–H and O–H groups in total. The van der Waals surface area contributed by atoms with Gasteiger partial charge in [-0.2, -0.15) is 4.68 Å². The summed E-state index contributed by atoms with van der Waals surface area (Å²) in [5, 5.41) is 15.5. The lowest BCUT2D eigenvalue weighted by Crippen LogP contribution is -2.38. The summed E-state index contributed by atoms with van der Waals surface area (Å²) in [6, 6.07) is 7.01. The first kappa shape index (κ1) is 16.4. The Bertz CT molecular complexity index is 778. The van der Waals surface area contributed by atoms with Gasteiger partial charge in [0.05, 0.1) is 5.57 Å². The second-order valence-corrected chi connectivity index (χ2v) is 5.98. The molecular formula is C16H19ClN6O. The summed E-state index contributed by atoms with van der Waals surface area (Å²) >= 11 is 6.01. The van der Waals surface area contributed by atoms with Crippen molar-refractivity contribution in [3.63, 3.8) is 0 Å². The Hall–Kier alpha value is -2.41. The summed E-state index contributed by atoms with van der Waals surface area (Å²) in [7, 11) is 0. The van der Waals surface area contributed by atoms with Crippen molar-refractivity contribution in [2.24, 2.45) is 0 Å². The van der Waals surface area contributed by atoms with E-state index in [1.165, 1.54) is 0 Å². The molecule has 0 radical (unpaired) electrons. The molecule has 0 fully saturated rings. The van der Waals surface area contributed by atoms with E-state index in [1.54, 1.807) is 21.7 Å². The van der Waals surface area contributed by atoms with Gasteiger partial charge >= 0.3 is 0 Å². The van der Waals surface area contributed by atoms with Gasteiger partial charge in [-0.25, -0.2) is 0 Å². The van der Waals surface area contributed by atoms with Crippen LogP contribution in [0.1, 0.15) is 32.4 Å². The molecule has 0 saturated heterocycles. The summed E-state index contributed by atoms with van der Waals surface area (Å²) in [5.74, 6) is 0.495. The van der Waals surface area contributed by atoms with Gasteiger partial charge in [0.1, 0.15) is 6.04 Å². The van der Waals surface area contributed by atoms with Crippen LogP contribution in [0.5, 0.6) is 0 Å². The fourth-order valence-electron chi connectivity index (χ4n) is 2.92. The minimum atomic E-state index is -0.387. The average molecular weight is 347 g/mol. The molecule has 126 valence electrons. The number of aromatic nitrogens is 4. The minimum absolute atomic E-state index is 0.0221. The smallest absolute Gasteiger partial charge is 0.254 e. The zero-order valence-electron chi connectivity index (χ0n) is 13.8. The largest absolute Gasteiger partial charge is 0.339 e. The molecule has 0 bridgehead atoms. The van der Waals surface area contributed by atoms with Crippen LogP contribution >= 0.6 is 11.6 Å². The van der Waals surface area contributed by atoms with Crippen LogP contribution in [0.3, 0.4) is 0 Å². The molecule has 1 aliphatic rings. The van der Waals surface area contributed by atoms with Crippen molar-refractivity contribution in [1.29, 1.82) is 0 Å². The summed E-state index contributed by atoms with van der Waals surface area (Å²) in [6.07, 6.45) is 0. The van der Waals surface area contributed by atoms with Crippen LogP contribution in [0.2, 0.25) is 5.02 Å². The first-order valence-corrected chi connectivity index (χ1v) is 8.25. The number of likely N-dealkylation sites (N-methyl/N-ethyl adjacent to an activating group) is 1. The SMILES string of the molecule is CCN(CC)C(=O)C1=C(C)Nc2nnnn2[C@@H]1c1ccc(Cl)cc1. The number of fused-ring (bicyclic) bond motifs is 1. The van der Waals surface area contributed by atoms with Crippen LogP contribution in [0, 0.1) is 0 Å². The molecule has 0 spiro atoms. The van der Waals surface area contributed by atoms with Gasteiger partial charge in [0, 0.05) is 23.8 Å². The summed E-state index contributed by atoms with van der Waals surface area (Å²) in [6.45, 7) is 7.09. The predicted octanol–water partition coefficient (Wildman–Crippen LogP) is 2.48. The first-order valence-electron chi connectivity index (χ1n) is 7.87. The number of allylic oxidation sites excluding steroid dienone is 1. The molecule has 0 saturated carbocycles. The summed E-state index contributed by atoms with van der Waals surface area (Å²) in [5.41, 5.74) is 2.30. The number of rotatable bonds is 4. The van der Waals surface area contributed by atoms with Crippen molar-refractivity contribution in [3.05, 3.63) is 46.1 Å². The van der Waals surface area contributed by atoms with E-state index in [-0.39, 0.29) is 11.9 Å². The zero-order valence-corrected chi connectivity index (χ0v) is 14.6. The fourth-order valence-corrected chi connectivity index (χ4v) is 3.05. The highest BCUT2D eigenvalue weighted by Crippen LogP contribution is 2.35. The number of nitrogens with zero attached hydrogens (tertiary/aromatic N) is 5. The first-order chi connectivity index (χ1) is 11.6. The van der Waals surface area contributed by atoms with Crippen LogP contribution < -0.4 is 5.32 Å². The van der Waals surface area contributed by atoms with E-state index in [9.17, 15) is 4.79 Å². The number of benzene rings is 1. The molecule has 1 aromatic heterocycles. The molecule has 24 heavy (non-hydrogen) atoms. The number of carbonyl (C=O) groups excluding carboxylic acids is 1. The number of nitrogens with one attached hydrogen (secondary N) is 1. The molecule has 0 unspecified atom stereocenters. The van der Waals surface area contributed by atoms with Crippen molar-refractivity contribution >= 4 is 23.5 Å². The van der Waals surface area contributed by atoms with Gasteiger partial charge in [-0.05, 0) is 48.9 Å². The van der Waals surface area contributed by atoms with E-state index in [1.807, 2.05) is 32.9 Å². The third-order valence-electron chi connectivity index (χ3n) is 4.18. The Balaban J connectivity index is 2.13. The highest BCUT2D eigenvalue weighted by atomic mass is 35.5. The number of hydrogen-bond acceptors (Lipinski definition) is 5. The highest BCUT2D eigenvalue weighted by Gasteiger charge is 2.35. The van der Waals surface area contributed by atoms with E-state index >= 15 is 0 Å². The standard InChI is InChI=1S/C16H19ClN6O/c1-4-22(5-2)15(24)13-10(3)18-16-19-20-21-23(16)14(13)11-6-8-12(17)9-7-11/h6-9,14H,4-5H2,1-3H3,(H,18,19,21)/t14-/m1/s1. The van der Waals surface area contributed by atoms with Crippen LogP contribution in [-0.2, 0) is 4.79 Å². The van der Waals surface area contributed by atoms with Crippen LogP contribution in [0.25, 0.3) is 0 Å². The molecule has 1 aliphatic heterocycles. The molecule has 0 aliphatic carbocycles. The lowest BCUT2D eigenvalue weighted by atomic mass is 9.94. The van der Waals surface area contributed by atoms with Crippen LogP contribution in [0.4, 0.5) is 5.95 Å². The van der Waals surface area contributed by atoms with E-state index in [4.69, 9.17) is 11.6 Å². The number of halogens is 1. The molecule has 8 heteroatoms. The molecule has 2 heterocycles. The maximum atomic E-state index is 13.1. The Labute approximate surface area is 145 Å². The number of hydrogen-bond donors (Lipinski definition) is 1. The van der Waals surface area contributed by atoms with E-state index in [0.29, 0.717) is 29.6 Å². The maximum Gasteiger partial charge on any atom is 0.254 e. The van der Waals surface area contributed by atoms with E-state index in [0.717, 1.165) is 11.3 Å². The quantitative estimate of drug-likeness (QED) is 0.920. The van der Waals surface area contributed by atoms with Gasteiger partial charge in [0.2, 0.25) is 5.95 Å². The van der Waals surface area contributed by atoms with Gasteiger partial charge in [-0.3, -0.25) is 4.79 Å². The van der Waals surface area contributed by atoms with Crippen molar-refractivity contribution in [2.75, 3.05) is 18.4 Å². The van der Waals surface area contributed by atoms with Gasteiger partial charge in [0.25, 0.3) is 5.91 Å². The molecule has 1 atom stereocenters. The van der Waals surface area contributed by atoms with E-state index in [2.05, 4.69) is 20.8 Å². The molecule has 3 rings (SSSR count). The van der Waals surface area contributed by atoms with Crippen molar-refractivity contribution < 1.29 is 4.79 Å². The van der Waals surface area contributed by atoms with Gasteiger partial charge in [0.15, 0.2) is 0 Å². The summed E-state index contributed by atoms with van der Waals surface area (Å²) in [4.78, 5) is 14.9. The Morgan fingerprint density at radius 3 is 2.58 bits per heavy atom. The average Bonchev–Trinajstić information content (AvgIpc) is 3.03. The maximum absolute atomic E-state index is 13.1. The van der Waals surface area contributed by atoms with Crippen LogP contribution in [0.15, 0.2) is 35.5 Å². The Kier molecular flexibility index (Phi) is 4.53. The monoisotopic (exact) mass is 346 g/mol. The number of anilines is 1. The molecule has 1 aromatic carbocycles. The molecular weight excluding hydrogens is 328 g/mol. The topological polar surface area (TPSA) is 75.9 Å². The van der Waals surface area contributed by atoms with E-state index < -0.39 is 0 Å². The third-order valence-corrected chi connectivity index (χ3v) is 4.43. The lowest BCUT2D eigenvalue weighted by molar-refractivity contribution is -0.127. The molecule has 1 amide bonds. The Morgan fingerprint density at radius 1 is 1.29 bits per heavy atom. The summed E-state index contributed by atoms with van der Waals surface area (Å²) < 4.78 is 1.63. The second kappa shape index (κ2) is 6.60. The number of carbonyl (C=O) groups is 1. The van der Waals surface area contributed by atoms with Crippen molar-refractivity contribution in [1.82, 2.24) is 25.1 Å². The minimum Gasteiger partial charge on any atom is -0.339 e. The highest BCUT2D eigenvalue weighted by molar-refractivity contribution is 6.30. The molecule has 2 aromatic rings. The second-order valence-electron chi connectivity index (χ2n) is 5.54. The molecule has 7 nitrogen and oxygen atoms in total. The Morgan fingerprint density at radius 2 is 1.96 bits per heavy atom. The van der Waals surface area contributed by atoms with Gasteiger partial charge in [-0.1, -0.05) is 28.8 Å². The van der Waals surface area contributed by atoms with Crippen LogP contribution in [-0.4, -0.2) is 44.1 Å². The van der Waals surface area contributed by atoms with Crippen molar-refractivity contribution in [3.8, 4) is 0 Å². The third kappa shape index (κ3) is 2.75. The van der Waals surface area contributed by atoms with Gasteiger partial charge in [-0.15, -0.1) is 0 Å². The normalized spacial score (nSPS) is 16.6. The fraction of sp³-hybridized carbons (Fsp3) is 0.375. The number of tetrazole rings is 1.